The fraction of sp³-hybridized carbons (Fsp3) is 0.350. The van der Waals surface area contributed by atoms with Gasteiger partial charge in [-0.1, -0.05) is 47.5 Å². The molecule has 30 heavy (non-hydrogen) atoms. The Morgan fingerprint density at radius 3 is 2.80 bits per heavy atom. The predicted octanol–water partition coefficient (Wildman–Crippen LogP) is 2.83. The van der Waals surface area contributed by atoms with Gasteiger partial charge in [0.25, 0.3) is 5.91 Å². The molecule has 0 saturated carbocycles. The molecular formula is C20H21BBrClN2O5. The maximum absolute atomic E-state index is 12.5. The monoisotopic (exact) mass is 494 g/mol. The summed E-state index contributed by atoms with van der Waals surface area (Å²) in [5.41, 5.74) is 0.266. The molecule has 2 atom stereocenters. The lowest BCUT2D eigenvalue weighted by molar-refractivity contribution is -0.120. The SMILES string of the molecule is CC(C)C[C@H](NC(=O)CNC(=O)c1cc(Br)ccc1Cl)B1OC2=CC=CC(=O)C2O1. The molecule has 3 rings (SSSR count). The molecule has 7 nitrogen and oxygen atoms in total. The van der Waals surface area contributed by atoms with E-state index in [4.69, 9.17) is 20.9 Å². The fourth-order valence-electron chi connectivity index (χ4n) is 3.19. The van der Waals surface area contributed by atoms with Crippen LogP contribution in [0.2, 0.25) is 5.02 Å². The number of ketones is 1. The fourth-order valence-corrected chi connectivity index (χ4v) is 3.76. The number of carbonyl (C=O) groups is 3. The molecule has 1 aromatic rings. The van der Waals surface area contributed by atoms with Gasteiger partial charge < -0.3 is 19.9 Å². The normalized spacial score (nSPS) is 18.6. The van der Waals surface area contributed by atoms with E-state index in [2.05, 4.69) is 26.6 Å². The van der Waals surface area contributed by atoms with Gasteiger partial charge >= 0.3 is 7.12 Å². The molecule has 1 fully saturated rings. The lowest BCUT2D eigenvalue weighted by Crippen LogP contribution is -2.51. The van der Waals surface area contributed by atoms with Crippen LogP contribution < -0.4 is 10.6 Å². The molecule has 2 amide bonds. The van der Waals surface area contributed by atoms with E-state index in [-0.39, 0.29) is 28.8 Å². The molecule has 158 valence electrons. The molecule has 1 heterocycles. The first kappa shape index (κ1) is 22.6. The number of allylic oxidation sites excluding steroid dienone is 2. The van der Waals surface area contributed by atoms with Gasteiger partial charge in [-0.05, 0) is 42.7 Å². The third kappa shape index (κ3) is 5.53. The summed E-state index contributed by atoms with van der Waals surface area (Å²) in [5.74, 6) is -0.860. The lowest BCUT2D eigenvalue weighted by Gasteiger charge is -2.21. The zero-order valence-electron chi connectivity index (χ0n) is 16.5. The van der Waals surface area contributed by atoms with Crippen molar-refractivity contribution in [3.8, 4) is 0 Å². The molecule has 0 aromatic heterocycles. The molecule has 1 saturated heterocycles. The Morgan fingerprint density at radius 2 is 2.10 bits per heavy atom. The first-order valence-electron chi connectivity index (χ1n) is 9.51. The number of benzene rings is 1. The highest BCUT2D eigenvalue weighted by atomic mass is 79.9. The van der Waals surface area contributed by atoms with Gasteiger partial charge in [-0.3, -0.25) is 14.4 Å². The van der Waals surface area contributed by atoms with Crippen LogP contribution in [0, 0.1) is 5.92 Å². The Morgan fingerprint density at radius 1 is 1.33 bits per heavy atom. The molecular weight excluding hydrogens is 474 g/mol. The summed E-state index contributed by atoms with van der Waals surface area (Å²) in [6.07, 6.45) is 4.52. The van der Waals surface area contributed by atoms with Crippen molar-refractivity contribution in [2.75, 3.05) is 6.54 Å². The average molecular weight is 496 g/mol. The largest absolute Gasteiger partial charge is 0.550 e. The van der Waals surface area contributed by atoms with Crippen LogP contribution in [0.15, 0.2) is 46.7 Å². The summed E-state index contributed by atoms with van der Waals surface area (Å²) in [6, 6.07) is 4.90. The number of hydrogen-bond acceptors (Lipinski definition) is 5. The molecule has 0 bridgehead atoms. The third-order valence-corrected chi connectivity index (χ3v) is 5.37. The van der Waals surface area contributed by atoms with Crippen LogP contribution in [0.3, 0.4) is 0 Å². The second-order valence-corrected chi connectivity index (χ2v) is 8.77. The van der Waals surface area contributed by atoms with Gasteiger partial charge in [0, 0.05) is 4.47 Å². The van der Waals surface area contributed by atoms with Crippen LogP contribution in [0.25, 0.3) is 0 Å². The second-order valence-electron chi connectivity index (χ2n) is 7.44. The summed E-state index contributed by atoms with van der Waals surface area (Å²) in [7, 11) is -0.785. The van der Waals surface area contributed by atoms with E-state index in [1.807, 2.05) is 13.8 Å². The van der Waals surface area contributed by atoms with Crippen molar-refractivity contribution < 1.29 is 23.7 Å². The zero-order valence-corrected chi connectivity index (χ0v) is 18.8. The number of fused-ring (bicyclic) bond motifs is 1. The summed E-state index contributed by atoms with van der Waals surface area (Å²) >= 11 is 9.34. The van der Waals surface area contributed by atoms with Crippen molar-refractivity contribution in [3.05, 3.63) is 57.2 Å². The molecule has 10 heteroatoms. The quantitative estimate of drug-likeness (QED) is 0.568. The molecule has 0 spiro atoms. The van der Waals surface area contributed by atoms with Crippen molar-refractivity contribution in [3.63, 3.8) is 0 Å². The molecule has 1 aliphatic heterocycles. The van der Waals surface area contributed by atoms with E-state index < -0.39 is 31.0 Å². The molecule has 0 radical (unpaired) electrons. The zero-order chi connectivity index (χ0) is 21.8. The number of nitrogens with one attached hydrogen (secondary N) is 2. The summed E-state index contributed by atoms with van der Waals surface area (Å²) in [4.78, 5) is 36.8. The highest BCUT2D eigenvalue weighted by Gasteiger charge is 2.46. The third-order valence-electron chi connectivity index (χ3n) is 4.54. The Hall–Kier alpha value is -2.10. The van der Waals surface area contributed by atoms with Crippen LogP contribution >= 0.6 is 27.5 Å². The van der Waals surface area contributed by atoms with E-state index in [1.54, 1.807) is 30.4 Å². The van der Waals surface area contributed by atoms with Crippen LogP contribution in [0.4, 0.5) is 0 Å². The Balaban J connectivity index is 1.60. The van der Waals surface area contributed by atoms with E-state index in [9.17, 15) is 14.4 Å². The lowest BCUT2D eigenvalue weighted by atomic mass is 9.74. The number of amides is 2. The van der Waals surface area contributed by atoms with Crippen LogP contribution in [-0.2, 0) is 18.9 Å². The predicted molar refractivity (Wildman–Crippen MR) is 117 cm³/mol. The van der Waals surface area contributed by atoms with Crippen molar-refractivity contribution in [2.24, 2.45) is 5.92 Å². The van der Waals surface area contributed by atoms with Gasteiger partial charge in [0.05, 0.1) is 23.1 Å². The highest BCUT2D eigenvalue weighted by Crippen LogP contribution is 2.27. The molecule has 2 N–H and O–H groups in total. The van der Waals surface area contributed by atoms with Gasteiger partial charge in [0.15, 0.2) is 11.9 Å². The smallest absolute Gasteiger partial charge is 0.536 e. The van der Waals surface area contributed by atoms with Gasteiger partial charge in [-0.15, -0.1) is 0 Å². The van der Waals surface area contributed by atoms with Crippen LogP contribution in [0.1, 0.15) is 30.6 Å². The maximum Gasteiger partial charge on any atom is 0.550 e. The van der Waals surface area contributed by atoms with Gasteiger partial charge in [-0.25, -0.2) is 0 Å². The maximum atomic E-state index is 12.5. The van der Waals surface area contributed by atoms with E-state index >= 15 is 0 Å². The number of rotatable bonds is 7. The molecule has 1 aliphatic carbocycles. The highest BCUT2D eigenvalue weighted by molar-refractivity contribution is 9.10. The van der Waals surface area contributed by atoms with Gasteiger partial charge in [0.2, 0.25) is 5.91 Å². The van der Waals surface area contributed by atoms with Crippen LogP contribution in [-0.4, -0.2) is 43.3 Å². The standard InChI is InChI=1S/C20H21BBrClN2O5/c1-11(2)8-17(21-29-16-5-3-4-15(26)19(16)30-21)25-18(27)10-24-20(28)13-9-12(22)6-7-14(13)23/h3-7,9,11,17,19H,8,10H2,1-2H3,(H,24,28)(H,25,27)/t17-,19?/m0/s1. The van der Waals surface area contributed by atoms with Crippen molar-refractivity contribution in [2.45, 2.75) is 32.3 Å². The average Bonchev–Trinajstić information content (AvgIpc) is 3.13. The van der Waals surface area contributed by atoms with Gasteiger partial charge in [0.1, 0.15) is 5.76 Å². The first-order valence-corrected chi connectivity index (χ1v) is 10.7. The van der Waals surface area contributed by atoms with E-state index in [0.29, 0.717) is 16.7 Å². The van der Waals surface area contributed by atoms with Crippen molar-refractivity contribution in [1.82, 2.24) is 10.6 Å². The Labute approximate surface area is 188 Å². The number of halogens is 2. The summed E-state index contributed by atoms with van der Waals surface area (Å²) in [6.45, 7) is 3.77. The van der Waals surface area contributed by atoms with Crippen molar-refractivity contribution in [1.29, 1.82) is 0 Å². The number of hydrogen-bond donors (Lipinski definition) is 2. The van der Waals surface area contributed by atoms with Crippen molar-refractivity contribution >= 4 is 52.2 Å². The Kier molecular flexibility index (Phi) is 7.38. The van der Waals surface area contributed by atoms with Crippen LogP contribution in [0.5, 0.6) is 0 Å². The minimum atomic E-state index is -0.785. The second kappa shape index (κ2) is 9.81. The minimum Gasteiger partial charge on any atom is -0.536 e. The summed E-state index contributed by atoms with van der Waals surface area (Å²) in [5, 5.41) is 5.69. The topological polar surface area (TPSA) is 93.7 Å². The van der Waals surface area contributed by atoms with E-state index in [0.717, 1.165) is 0 Å². The Bertz CT molecular complexity index is 920. The number of carbonyl (C=O) groups excluding carboxylic acids is 3. The first-order chi connectivity index (χ1) is 14.2. The molecule has 1 aromatic carbocycles. The minimum absolute atomic E-state index is 0.192. The van der Waals surface area contributed by atoms with Gasteiger partial charge in [-0.2, -0.15) is 0 Å². The summed E-state index contributed by atoms with van der Waals surface area (Å²) < 4.78 is 12.2. The van der Waals surface area contributed by atoms with E-state index in [1.165, 1.54) is 6.08 Å². The molecule has 1 unspecified atom stereocenters. The molecule has 2 aliphatic rings.